The third kappa shape index (κ3) is 3.02. The largest absolute Gasteiger partial charge is 0.344 e. The normalized spacial score (nSPS) is 23.7. The summed E-state index contributed by atoms with van der Waals surface area (Å²) >= 11 is 1.88. The molecule has 6 heteroatoms. The van der Waals surface area contributed by atoms with Gasteiger partial charge in [0.15, 0.2) is 5.17 Å². The van der Waals surface area contributed by atoms with Gasteiger partial charge in [-0.25, -0.2) is 0 Å². The molecule has 0 aliphatic carbocycles. The lowest BCUT2D eigenvalue weighted by Gasteiger charge is -2.32. The van der Waals surface area contributed by atoms with Crippen LogP contribution in [-0.2, 0) is 6.54 Å². The Labute approximate surface area is 169 Å². The maximum Gasteiger partial charge on any atom is 0.160 e. The van der Waals surface area contributed by atoms with Gasteiger partial charge in [-0.2, -0.15) is 0 Å². The molecule has 0 saturated carbocycles. The number of rotatable bonds is 5. The summed E-state index contributed by atoms with van der Waals surface area (Å²) in [6.07, 6.45) is 7.00. The van der Waals surface area contributed by atoms with Gasteiger partial charge in [0.05, 0.1) is 24.0 Å². The average molecular weight is 390 g/mol. The molecule has 0 unspecified atom stereocenters. The minimum absolute atomic E-state index is 0.0235. The summed E-state index contributed by atoms with van der Waals surface area (Å²) < 4.78 is 2.32. The minimum Gasteiger partial charge on any atom is -0.344 e. The highest BCUT2D eigenvalue weighted by Gasteiger charge is 2.46. The molecule has 0 aromatic carbocycles. The standard InChI is InChI=1S/C22H23N5S/c1-2-17-15-28-22-25-20(18-9-4-6-12-24-18)21(27(17)22)19-10-7-13-26(19)14-16-8-3-5-11-23-16/h3-13,17,20-21H,2,14-15H2,1H3/t17-,20-,21+/m0/s1. The van der Waals surface area contributed by atoms with Gasteiger partial charge in [-0.15, -0.1) is 0 Å². The van der Waals surface area contributed by atoms with Crippen LogP contribution in [-0.4, -0.2) is 36.4 Å². The first-order valence-corrected chi connectivity index (χ1v) is 10.8. The van der Waals surface area contributed by atoms with Gasteiger partial charge in [-0.05, 0) is 42.8 Å². The zero-order valence-electron chi connectivity index (χ0n) is 15.8. The minimum atomic E-state index is 0.0235. The van der Waals surface area contributed by atoms with Gasteiger partial charge in [0.1, 0.15) is 6.04 Å². The van der Waals surface area contributed by atoms with Gasteiger partial charge in [0.2, 0.25) is 0 Å². The highest BCUT2D eigenvalue weighted by molar-refractivity contribution is 8.14. The van der Waals surface area contributed by atoms with Crippen LogP contribution in [0.15, 0.2) is 72.1 Å². The predicted octanol–water partition coefficient (Wildman–Crippen LogP) is 4.31. The molecule has 1 fully saturated rings. The van der Waals surface area contributed by atoms with Gasteiger partial charge < -0.3 is 9.47 Å². The number of thioether (sulfide) groups is 1. The summed E-state index contributed by atoms with van der Waals surface area (Å²) in [7, 11) is 0. The lowest BCUT2D eigenvalue weighted by Crippen LogP contribution is -2.36. The number of fused-ring (bicyclic) bond motifs is 1. The Kier molecular flexibility index (Phi) is 4.64. The second-order valence-electron chi connectivity index (χ2n) is 7.22. The average Bonchev–Trinajstić information content (AvgIpc) is 3.44. The molecule has 0 amide bonds. The van der Waals surface area contributed by atoms with E-state index in [1.54, 1.807) is 0 Å². The lowest BCUT2D eigenvalue weighted by atomic mass is 9.99. The molecule has 3 aromatic rings. The Morgan fingerprint density at radius 3 is 2.64 bits per heavy atom. The van der Waals surface area contributed by atoms with E-state index in [1.165, 1.54) is 5.69 Å². The second-order valence-corrected chi connectivity index (χ2v) is 8.21. The number of amidine groups is 1. The highest BCUT2D eigenvalue weighted by atomic mass is 32.2. The molecule has 5 heterocycles. The van der Waals surface area contributed by atoms with Crippen LogP contribution in [0, 0.1) is 0 Å². The number of hydrogen-bond donors (Lipinski definition) is 0. The van der Waals surface area contributed by atoms with E-state index >= 15 is 0 Å². The van der Waals surface area contributed by atoms with E-state index in [4.69, 9.17) is 4.99 Å². The Morgan fingerprint density at radius 1 is 1.04 bits per heavy atom. The lowest BCUT2D eigenvalue weighted by molar-refractivity contribution is 0.246. The third-order valence-electron chi connectivity index (χ3n) is 5.56. The quantitative estimate of drug-likeness (QED) is 0.652. The summed E-state index contributed by atoms with van der Waals surface area (Å²) in [4.78, 5) is 16.8. The topological polar surface area (TPSA) is 46.3 Å². The smallest absolute Gasteiger partial charge is 0.160 e. The summed E-state index contributed by atoms with van der Waals surface area (Å²) in [5.74, 6) is 1.11. The molecule has 0 N–H and O–H groups in total. The highest BCUT2D eigenvalue weighted by Crippen LogP contribution is 2.48. The first-order chi connectivity index (χ1) is 13.8. The molecule has 3 aromatic heterocycles. The molecule has 5 nitrogen and oxygen atoms in total. The summed E-state index contributed by atoms with van der Waals surface area (Å²) in [6.45, 7) is 3.04. The van der Waals surface area contributed by atoms with Gasteiger partial charge >= 0.3 is 0 Å². The van der Waals surface area contributed by atoms with Crippen molar-refractivity contribution in [3.63, 3.8) is 0 Å². The molecule has 2 aliphatic rings. The van der Waals surface area contributed by atoms with Crippen LogP contribution in [0.5, 0.6) is 0 Å². The molecule has 1 saturated heterocycles. The molecular weight excluding hydrogens is 366 g/mol. The first-order valence-electron chi connectivity index (χ1n) is 9.80. The van der Waals surface area contributed by atoms with Crippen LogP contribution < -0.4 is 0 Å². The van der Waals surface area contributed by atoms with Crippen molar-refractivity contribution in [2.24, 2.45) is 4.99 Å². The number of aromatic nitrogens is 3. The fourth-order valence-electron chi connectivity index (χ4n) is 4.18. The molecule has 2 aliphatic heterocycles. The van der Waals surface area contributed by atoms with Crippen molar-refractivity contribution in [1.29, 1.82) is 0 Å². The summed E-state index contributed by atoms with van der Waals surface area (Å²) in [5.41, 5.74) is 3.38. The van der Waals surface area contributed by atoms with E-state index in [0.29, 0.717) is 6.04 Å². The van der Waals surface area contributed by atoms with Crippen LogP contribution in [0.3, 0.4) is 0 Å². The predicted molar refractivity (Wildman–Crippen MR) is 113 cm³/mol. The Balaban J connectivity index is 1.55. The van der Waals surface area contributed by atoms with E-state index < -0.39 is 0 Å². The Hall–Kier alpha value is -2.60. The fraction of sp³-hybridized carbons (Fsp3) is 0.318. The molecule has 3 atom stereocenters. The summed E-state index contributed by atoms with van der Waals surface area (Å²) in [5, 5.41) is 1.16. The molecule has 5 rings (SSSR count). The monoisotopic (exact) mass is 389 g/mol. The second kappa shape index (κ2) is 7.43. The van der Waals surface area contributed by atoms with E-state index in [1.807, 2.05) is 42.4 Å². The third-order valence-corrected chi connectivity index (χ3v) is 6.68. The van der Waals surface area contributed by atoms with Crippen LogP contribution in [0.2, 0.25) is 0 Å². The van der Waals surface area contributed by atoms with Gasteiger partial charge in [0.25, 0.3) is 0 Å². The molecular formula is C22H23N5S. The Morgan fingerprint density at radius 2 is 1.89 bits per heavy atom. The van der Waals surface area contributed by atoms with Crippen molar-refractivity contribution >= 4 is 16.9 Å². The maximum absolute atomic E-state index is 5.12. The van der Waals surface area contributed by atoms with E-state index in [-0.39, 0.29) is 12.1 Å². The molecule has 0 radical (unpaired) electrons. The maximum atomic E-state index is 5.12. The zero-order chi connectivity index (χ0) is 18.9. The first kappa shape index (κ1) is 17.5. The van der Waals surface area contributed by atoms with Crippen LogP contribution >= 0.6 is 11.8 Å². The number of hydrogen-bond acceptors (Lipinski definition) is 5. The van der Waals surface area contributed by atoms with E-state index in [0.717, 1.165) is 35.3 Å². The van der Waals surface area contributed by atoms with E-state index in [2.05, 4.69) is 62.9 Å². The SMILES string of the molecule is CC[C@H]1CSC2=N[C@@H](c3ccccn3)[C@@H](c3cccn3Cc3ccccn3)N21. The van der Waals surface area contributed by atoms with E-state index in [9.17, 15) is 0 Å². The van der Waals surface area contributed by atoms with Gasteiger partial charge in [-0.1, -0.05) is 30.8 Å². The zero-order valence-corrected chi connectivity index (χ0v) is 16.7. The van der Waals surface area contributed by atoms with Crippen molar-refractivity contribution in [2.45, 2.75) is 38.0 Å². The number of aliphatic imine (C=N–C) groups is 1. The van der Waals surface area contributed by atoms with Crippen molar-refractivity contribution in [1.82, 2.24) is 19.4 Å². The van der Waals surface area contributed by atoms with Crippen molar-refractivity contribution < 1.29 is 0 Å². The number of pyridine rings is 2. The molecule has 28 heavy (non-hydrogen) atoms. The van der Waals surface area contributed by atoms with Crippen LogP contribution in [0.25, 0.3) is 0 Å². The molecule has 0 bridgehead atoms. The van der Waals surface area contributed by atoms with Crippen LogP contribution in [0.1, 0.15) is 42.5 Å². The van der Waals surface area contributed by atoms with Gasteiger partial charge in [-0.3, -0.25) is 15.0 Å². The van der Waals surface area contributed by atoms with Crippen molar-refractivity contribution in [2.75, 3.05) is 5.75 Å². The fourth-order valence-corrected chi connectivity index (χ4v) is 5.51. The number of nitrogens with zero attached hydrogens (tertiary/aromatic N) is 5. The van der Waals surface area contributed by atoms with Crippen molar-refractivity contribution in [3.8, 4) is 0 Å². The summed E-state index contributed by atoms with van der Waals surface area (Å²) in [6, 6.07) is 17.3. The van der Waals surface area contributed by atoms with Gasteiger partial charge in [0, 0.05) is 36.1 Å². The molecule has 0 spiro atoms. The molecule has 142 valence electrons. The van der Waals surface area contributed by atoms with Crippen molar-refractivity contribution in [3.05, 3.63) is 84.2 Å². The van der Waals surface area contributed by atoms with Crippen LogP contribution in [0.4, 0.5) is 0 Å². The Bertz CT molecular complexity index is 969.